The molecule has 1 aromatic rings. The van der Waals surface area contributed by atoms with Crippen LogP contribution in [0.25, 0.3) is 0 Å². The summed E-state index contributed by atoms with van der Waals surface area (Å²) in [6.07, 6.45) is 0. The van der Waals surface area contributed by atoms with Crippen molar-refractivity contribution < 1.29 is 26.3 Å². The molecule has 12 heavy (non-hydrogen) atoms. The number of alkyl halides is 1. The van der Waals surface area contributed by atoms with Crippen LogP contribution < -0.4 is 21.2 Å². The third-order valence-electron chi connectivity index (χ3n) is 1.44. The monoisotopic (exact) mass is 277 g/mol. The van der Waals surface area contributed by atoms with Gasteiger partial charge in [-0.15, -0.1) is 0 Å². The predicted molar refractivity (Wildman–Crippen MR) is 46.2 cm³/mol. The molecule has 0 aliphatic rings. The number of benzene rings is 1. The average molecular weight is 277 g/mol. The number of halogens is 1. The maximum atomic E-state index is 8.82. The molecule has 0 saturated carbocycles. The van der Waals surface area contributed by atoms with E-state index < -0.39 is 0 Å². The number of rotatable bonds is 3. The SMILES string of the molecule is CC(C)[I+]c1ccc(CO)cc1. The number of hydrogen-bond donors (Lipinski definition) is 1. The predicted octanol–water partition coefficient (Wildman–Crippen LogP) is -1.15. The van der Waals surface area contributed by atoms with Gasteiger partial charge in [-0.05, 0) is 31.5 Å². The van der Waals surface area contributed by atoms with Crippen LogP contribution in [0.1, 0.15) is 19.4 Å². The van der Waals surface area contributed by atoms with E-state index in [0.29, 0.717) is 0 Å². The van der Waals surface area contributed by atoms with Crippen LogP contribution >= 0.6 is 0 Å². The quantitative estimate of drug-likeness (QED) is 0.546. The highest BCUT2D eigenvalue weighted by Gasteiger charge is 2.14. The van der Waals surface area contributed by atoms with Gasteiger partial charge in [0.1, 0.15) is 0 Å². The van der Waals surface area contributed by atoms with Gasteiger partial charge < -0.3 is 5.11 Å². The second-order valence-electron chi connectivity index (χ2n) is 2.91. The van der Waals surface area contributed by atoms with E-state index in [1.165, 1.54) is 3.57 Å². The van der Waals surface area contributed by atoms with Crippen LogP contribution in [0, 0.1) is 3.57 Å². The summed E-state index contributed by atoms with van der Waals surface area (Å²) in [6.45, 7) is 4.67. The topological polar surface area (TPSA) is 20.2 Å². The minimum Gasteiger partial charge on any atom is -0.392 e. The fraction of sp³-hybridized carbons (Fsp3) is 0.400. The van der Waals surface area contributed by atoms with E-state index in [1.807, 2.05) is 12.1 Å². The molecule has 1 aromatic carbocycles. The largest absolute Gasteiger partial charge is 0.392 e. The highest BCUT2D eigenvalue weighted by molar-refractivity contribution is 5.12. The van der Waals surface area contributed by atoms with E-state index in [9.17, 15) is 0 Å². The Morgan fingerprint density at radius 2 is 1.83 bits per heavy atom. The first-order chi connectivity index (χ1) is 5.72. The zero-order valence-electron chi connectivity index (χ0n) is 7.42. The third-order valence-corrected chi connectivity index (χ3v) is 4.12. The molecule has 1 rings (SSSR count). The lowest BCUT2D eigenvalue weighted by Crippen LogP contribution is -3.64. The molecule has 66 valence electrons. The smallest absolute Gasteiger partial charge is 0.315 e. The van der Waals surface area contributed by atoms with Gasteiger partial charge in [-0.1, -0.05) is 12.1 Å². The Balaban J connectivity index is 2.65. The molecule has 2 heteroatoms. The summed E-state index contributed by atoms with van der Waals surface area (Å²) in [7, 11) is 0. The van der Waals surface area contributed by atoms with Gasteiger partial charge in [0, 0.05) is 0 Å². The summed E-state index contributed by atoms with van der Waals surface area (Å²) in [6, 6.07) is 8.30. The molecular weight excluding hydrogens is 263 g/mol. The van der Waals surface area contributed by atoms with Crippen LogP contribution in [-0.4, -0.2) is 9.03 Å². The standard InChI is InChI=1S/C10H14IO/c1-8(2)11-10-5-3-9(7-12)4-6-10/h3-6,8,12H,7H2,1-2H3/q+1. The van der Waals surface area contributed by atoms with Crippen molar-refractivity contribution in [2.75, 3.05) is 0 Å². The van der Waals surface area contributed by atoms with Gasteiger partial charge >= 0.3 is 21.2 Å². The Kier molecular flexibility index (Phi) is 4.01. The first-order valence-electron chi connectivity index (χ1n) is 4.05. The van der Waals surface area contributed by atoms with E-state index in [0.717, 1.165) is 9.49 Å². The Bertz CT molecular complexity index is 228. The lowest BCUT2D eigenvalue weighted by molar-refractivity contribution is -0.656. The molecule has 1 nitrogen and oxygen atoms in total. The maximum absolute atomic E-state index is 8.82. The molecule has 0 saturated heterocycles. The van der Waals surface area contributed by atoms with Crippen LogP contribution in [0.4, 0.5) is 0 Å². The van der Waals surface area contributed by atoms with Crippen LogP contribution in [-0.2, 0) is 6.61 Å². The summed E-state index contributed by atoms with van der Waals surface area (Å²) in [5, 5.41) is 8.82. The molecule has 1 N–H and O–H groups in total. The molecule has 0 aliphatic heterocycles. The van der Waals surface area contributed by atoms with Gasteiger partial charge in [0.2, 0.25) is 0 Å². The Morgan fingerprint density at radius 1 is 1.25 bits per heavy atom. The summed E-state index contributed by atoms with van der Waals surface area (Å²) in [5.41, 5.74) is 1.01. The van der Waals surface area contributed by atoms with Gasteiger partial charge in [0.15, 0.2) is 7.49 Å². The van der Waals surface area contributed by atoms with Crippen molar-refractivity contribution in [1.29, 1.82) is 0 Å². The Labute approximate surface area is 84.1 Å². The van der Waals surface area contributed by atoms with Crippen molar-refractivity contribution in [2.24, 2.45) is 0 Å². The van der Waals surface area contributed by atoms with Gasteiger partial charge in [0.25, 0.3) is 0 Å². The van der Waals surface area contributed by atoms with Crippen molar-refractivity contribution in [1.82, 2.24) is 0 Å². The lowest BCUT2D eigenvalue weighted by Gasteiger charge is -1.93. The fourth-order valence-corrected chi connectivity index (χ4v) is 3.13. The van der Waals surface area contributed by atoms with Crippen LogP contribution in [0.2, 0.25) is 0 Å². The van der Waals surface area contributed by atoms with Crippen LogP contribution in [0.5, 0.6) is 0 Å². The second-order valence-corrected chi connectivity index (χ2v) is 7.27. The zero-order valence-corrected chi connectivity index (χ0v) is 9.58. The molecule has 0 amide bonds. The summed E-state index contributed by atoms with van der Waals surface area (Å²) < 4.78 is 2.27. The van der Waals surface area contributed by atoms with Gasteiger partial charge in [-0.25, -0.2) is 0 Å². The van der Waals surface area contributed by atoms with E-state index in [2.05, 4.69) is 26.0 Å². The number of aliphatic hydroxyl groups excluding tert-OH is 1. The first-order valence-corrected chi connectivity index (χ1v) is 6.38. The van der Waals surface area contributed by atoms with Crippen molar-refractivity contribution in [2.45, 2.75) is 24.4 Å². The van der Waals surface area contributed by atoms with Gasteiger partial charge in [-0.3, -0.25) is 0 Å². The molecule has 0 heterocycles. The van der Waals surface area contributed by atoms with E-state index in [1.54, 1.807) is 0 Å². The Hall–Kier alpha value is -0.0900. The minimum atomic E-state index is 0.153. The second kappa shape index (κ2) is 4.82. The third kappa shape index (κ3) is 3.11. The van der Waals surface area contributed by atoms with E-state index in [4.69, 9.17) is 5.11 Å². The normalized spacial score (nSPS) is 10.7. The van der Waals surface area contributed by atoms with Crippen molar-refractivity contribution in [3.05, 3.63) is 33.4 Å². The highest BCUT2D eigenvalue weighted by atomic mass is 127. The average Bonchev–Trinajstić information content (AvgIpc) is 2.05. The lowest BCUT2D eigenvalue weighted by atomic mass is 10.2. The molecule has 0 bridgehead atoms. The fourth-order valence-electron chi connectivity index (χ4n) is 0.915. The molecule has 0 aromatic heterocycles. The van der Waals surface area contributed by atoms with Crippen LogP contribution in [0.15, 0.2) is 24.3 Å². The first kappa shape index (κ1) is 9.99. The van der Waals surface area contributed by atoms with Crippen LogP contribution in [0.3, 0.4) is 0 Å². The Morgan fingerprint density at radius 3 is 2.25 bits per heavy atom. The zero-order chi connectivity index (χ0) is 8.97. The van der Waals surface area contributed by atoms with Crippen molar-refractivity contribution in [3.63, 3.8) is 0 Å². The summed E-state index contributed by atoms with van der Waals surface area (Å²) in [5.74, 6) is 0. The summed E-state index contributed by atoms with van der Waals surface area (Å²) in [4.78, 5) is 0. The molecule has 0 spiro atoms. The van der Waals surface area contributed by atoms with E-state index in [-0.39, 0.29) is 27.8 Å². The highest BCUT2D eigenvalue weighted by Crippen LogP contribution is 1.96. The van der Waals surface area contributed by atoms with Gasteiger partial charge in [-0.2, -0.15) is 0 Å². The summed E-state index contributed by atoms with van der Waals surface area (Å²) >= 11 is 0.167. The molecule has 0 fully saturated rings. The molecular formula is C10H14IO+. The van der Waals surface area contributed by atoms with Crippen molar-refractivity contribution >= 4 is 0 Å². The molecule has 0 aliphatic carbocycles. The number of hydrogen-bond acceptors (Lipinski definition) is 1. The molecule has 0 radical (unpaired) electrons. The molecule has 0 unspecified atom stereocenters. The maximum Gasteiger partial charge on any atom is 0.315 e. The minimum absolute atomic E-state index is 0.153. The number of aliphatic hydroxyl groups is 1. The van der Waals surface area contributed by atoms with Gasteiger partial charge in [0.05, 0.1) is 6.61 Å². The molecule has 0 atom stereocenters. The van der Waals surface area contributed by atoms with Crippen molar-refractivity contribution in [3.8, 4) is 0 Å². The van der Waals surface area contributed by atoms with E-state index >= 15 is 0 Å².